The number of hydrogen-bond acceptors (Lipinski definition) is 4. The van der Waals surface area contributed by atoms with Crippen LogP contribution >= 0.6 is 0 Å². The number of carbonyl (C=O) groups excluding carboxylic acids is 1. The Labute approximate surface area is 97.9 Å². The first kappa shape index (κ1) is 13.5. The summed E-state index contributed by atoms with van der Waals surface area (Å²) in [7, 11) is 1.73. The van der Waals surface area contributed by atoms with Crippen molar-refractivity contribution < 1.29 is 14.3 Å². The molecule has 1 fully saturated rings. The molecule has 4 heteroatoms. The highest BCUT2D eigenvalue weighted by Crippen LogP contribution is 2.18. The molecular formula is C12H23NO3. The van der Waals surface area contributed by atoms with E-state index in [1.807, 2.05) is 6.92 Å². The van der Waals surface area contributed by atoms with Crippen molar-refractivity contribution in [1.82, 2.24) is 4.90 Å². The smallest absolute Gasteiger partial charge is 0.309 e. The fraction of sp³-hybridized carbons (Fsp3) is 0.917. The van der Waals surface area contributed by atoms with Crippen molar-refractivity contribution in [3.63, 3.8) is 0 Å². The third-order valence-corrected chi connectivity index (χ3v) is 3.03. The minimum absolute atomic E-state index is 0.0148. The van der Waals surface area contributed by atoms with Crippen molar-refractivity contribution in [3.8, 4) is 0 Å². The van der Waals surface area contributed by atoms with Crippen LogP contribution in [-0.2, 0) is 14.3 Å². The van der Waals surface area contributed by atoms with E-state index in [1.165, 1.54) is 0 Å². The van der Waals surface area contributed by atoms with E-state index in [0.717, 1.165) is 45.5 Å². The molecule has 0 aliphatic carbocycles. The van der Waals surface area contributed by atoms with E-state index >= 15 is 0 Å². The van der Waals surface area contributed by atoms with Crippen LogP contribution in [0.1, 0.15) is 26.2 Å². The second-order valence-corrected chi connectivity index (χ2v) is 4.21. The summed E-state index contributed by atoms with van der Waals surface area (Å²) in [5.74, 6) is 0.109. The van der Waals surface area contributed by atoms with Crippen LogP contribution in [0.4, 0.5) is 0 Å². The molecule has 1 saturated heterocycles. The van der Waals surface area contributed by atoms with Crippen LogP contribution in [0.25, 0.3) is 0 Å². The highest BCUT2D eigenvalue weighted by molar-refractivity contribution is 5.72. The maximum atomic E-state index is 11.5. The van der Waals surface area contributed by atoms with Gasteiger partial charge in [-0.3, -0.25) is 4.79 Å². The molecule has 0 bridgehead atoms. The number of nitrogens with zero attached hydrogens (tertiary/aromatic N) is 1. The molecule has 0 aromatic carbocycles. The molecule has 1 aliphatic heterocycles. The van der Waals surface area contributed by atoms with Crippen molar-refractivity contribution in [2.24, 2.45) is 5.92 Å². The van der Waals surface area contributed by atoms with Gasteiger partial charge in [-0.15, -0.1) is 0 Å². The van der Waals surface area contributed by atoms with Crippen LogP contribution < -0.4 is 0 Å². The number of methoxy groups -OCH3 is 1. The van der Waals surface area contributed by atoms with Gasteiger partial charge >= 0.3 is 5.97 Å². The first-order chi connectivity index (χ1) is 7.77. The van der Waals surface area contributed by atoms with E-state index in [1.54, 1.807) is 7.11 Å². The number of piperidine rings is 1. The zero-order valence-electron chi connectivity index (χ0n) is 10.4. The van der Waals surface area contributed by atoms with Gasteiger partial charge in [-0.1, -0.05) is 0 Å². The zero-order valence-corrected chi connectivity index (χ0v) is 10.4. The fourth-order valence-electron chi connectivity index (χ4n) is 2.08. The maximum absolute atomic E-state index is 11.5. The summed E-state index contributed by atoms with van der Waals surface area (Å²) >= 11 is 0. The minimum atomic E-state index is -0.0148. The number of hydrogen-bond donors (Lipinski definition) is 0. The van der Waals surface area contributed by atoms with Gasteiger partial charge in [0.25, 0.3) is 0 Å². The highest BCUT2D eigenvalue weighted by Gasteiger charge is 2.25. The SMILES string of the molecule is CCOC(=O)C1CCN(CCCOC)CC1. The van der Waals surface area contributed by atoms with E-state index in [-0.39, 0.29) is 11.9 Å². The van der Waals surface area contributed by atoms with Gasteiger partial charge in [-0.05, 0) is 39.3 Å². The summed E-state index contributed by atoms with van der Waals surface area (Å²) in [6, 6.07) is 0. The molecular weight excluding hydrogens is 206 g/mol. The average molecular weight is 229 g/mol. The summed E-state index contributed by atoms with van der Waals surface area (Å²) in [6.07, 6.45) is 2.94. The van der Waals surface area contributed by atoms with E-state index in [4.69, 9.17) is 9.47 Å². The standard InChI is InChI=1S/C12H23NO3/c1-3-16-12(14)11-5-8-13(9-6-11)7-4-10-15-2/h11H,3-10H2,1-2H3. The summed E-state index contributed by atoms with van der Waals surface area (Å²) < 4.78 is 10.1. The maximum Gasteiger partial charge on any atom is 0.309 e. The predicted octanol–water partition coefficient (Wildman–Crippen LogP) is 1.30. The molecule has 0 aromatic heterocycles. The third kappa shape index (κ3) is 4.49. The lowest BCUT2D eigenvalue weighted by atomic mass is 9.97. The van der Waals surface area contributed by atoms with Gasteiger partial charge in [0.05, 0.1) is 12.5 Å². The van der Waals surface area contributed by atoms with E-state index in [2.05, 4.69) is 4.90 Å². The summed E-state index contributed by atoms with van der Waals surface area (Å²) in [6.45, 7) is 6.26. The topological polar surface area (TPSA) is 38.8 Å². The van der Waals surface area contributed by atoms with Gasteiger partial charge in [-0.2, -0.15) is 0 Å². The Morgan fingerprint density at radius 2 is 2.06 bits per heavy atom. The largest absolute Gasteiger partial charge is 0.466 e. The van der Waals surface area contributed by atoms with Crippen molar-refractivity contribution in [2.45, 2.75) is 26.2 Å². The lowest BCUT2D eigenvalue weighted by Gasteiger charge is -2.30. The number of ether oxygens (including phenoxy) is 2. The van der Waals surface area contributed by atoms with Gasteiger partial charge in [0.15, 0.2) is 0 Å². The van der Waals surface area contributed by atoms with Crippen molar-refractivity contribution in [2.75, 3.05) is 40.0 Å². The lowest BCUT2D eigenvalue weighted by molar-refractivity contribution is -0.149. The summed E-state index contributed by atoms with van der Waals surface area (Å²) in [4.78, 5) is 13.9. The Balaban J connectivity index is 2.15. The second kappa shape index (κ2) is 7.63. The van der Waals surface area contributed by atoms with Crippen LogP contribution in [0.3, 0.4) is 0 Å². The van der Waals surface area contributed by atoms with Crippen molar-refractivity contribution >= 4 is 5.97 Å². The van der Waals surface area contributed by atoms with Gasteiger partial charge in [0.2, 0.25) is 0 Å². The fourth-order valence-corrected chi connectivity index (χ4v) is 2.08. The molecule has 0 aromatic rings. The Morgan fingerprint density at radius 3 is 2.62 bits per heavy atom. The first-order valence-electron chi connectivity index (χ1n) is 6.15. The number of esters is 1. The van der Waals surface area contributed by atoms with Gasteiger partial charge in [-0.25, -0.2) is 0 Å². The summed E-state index contributed by atoms with van der Waals surface area (Å²) in [5, 5.41) is 0. The van der Waals surface area contributed by atoms with Gasteiger partial charge < -0.3 is 14.4 Å². The minimum Gasteiger partial charge on any atom is -0.466 e. The van der Waals surface area contributed by atoms with Gasteiger partial charge in [0.1, 0.15) is 0 Å². The second-order valence-electron chi connectivity index (χ2n) is 4.21. The van der Waals surface area contributed by atoms with E-state index in [9.17, 15) is 4.79 Å². The van der Waals surface area contributed by atoms with Crippen LogP contribution in [0.5, 0.6) is 0 Å². The van der Waals surface area contributed by atoms with Crippen LogP contribution in [-0.4, -0.2) is 50.8 Å². The molecule has 0 amide bonds. The van der Waals surface area contributed by atoms with E-state index in [0.29, 0.717) is 6.61 Å². The zero-order chi connectivity index (χ0) is 11.8. The third-order valence-electron chi connectivity index (χ3n) is 3.03. The number of rotatable bonds is 6. The Kier molecular flexibility index (Phi) is 6.42. The molecule has 0 N–H and O–H groups in total. The molecule has 4 nitrogen and oxygen atoms in total. The number of likely N-dealkylation sites (tertiary alicyclic amines) is 1. The van der Waals surface area contributed by atoms with Crippen LogP contribution in [0.2, 0.25) is 0 Å². The molecule has 0 unspecified atom stereocenters. The van der Waals surface area contributed by atoms with Gasteiger partial charge in [0, 0.05) is 20.3 Å². The van der Waals surface area contributed by atoms with E-state index < -0.39 is 0 Å². The molecule has 0 spiro atoms. The molecule has 0 radical (unpaired) electrons. The molecule has 0 saturated carbocycles. The van der Waals surface area contributed by atoms with Crippen LogP contribution in [0, 0.1) is 5.92 Å². The first-order valence-corrected chi connectivity index (χ1v) is 6.15. The van der Waals surface area contributed by atoms with Crippen molar-refractivity contribution in [1.29, 1.82) is 0 Å². The molecule has 0 atom stereocenters. The highest BCUT2D eigenvalue weighted by atomic mass is 16.5. The number of carbonyl (C=O) groups is 1. The summed E-state index contributed by atoms with van der Waals surface area (Å²) in [5.41, 5.74) is 0. The molecule has 1 aliphatic rings. The van der Waals surface area contributed by atoms with Crippen molar-refractivity contribution in [3.05, 3.63) is 0 Å². The monoisotopic (exact) mass is 229 g/mol. The average Bonchev–Trinajstić information content (AvgIpc) is 2.30. The quantitative estimate of drug-likeness (QED) is 0.508. The Morgan fingerprint density at radius 1 is 1.38 bits per heavy atom. The normalized spacial score (nSPS) is 18.6. The Hall–Kier alpha value is -0.610. The van der Waals surface area contributed by atoms with Crippen LogP contribution in [0.15, 0.2) is 0 Å². The molecule has 94 valence electrons. The molecule has 1 heterocycles. The predicted molar refractivity (Wildman–Crippen MR) is 62.3 cm³/mol. The Bertz CT molecular complexity index is 200. The lowest BCUT2D eigenvalue weighted by Crippen LogP contribution is -2.37. The molecule has 16 heavy (non-hydrogen) atoms. The molecule has 1 rings (SSSR count).